The van der Waals surface area contributed by atoms with E-state index in [1.165, 1.54) is 15.1 Å². The van der Waals surface area contributed by atoms with Gasteiger partial charge in [0, 0.05) is 0 Å². The average molecular weight is 280 g/mol. The van der Waals surface area contributed by atoms with Crippen molar-refractivity contribution in [2.75, 3.05) is 0 Å². The highest BCUT2D eigenvalue weighted by Gasteiger charge is 2.31. The topological polar surface area (TPSA) is 86.2 Å². The minimum Gasteiger partial charge on any atom is -0.188 e. The molecule has 100 valence electrons. The monoisotopic (exact) mass is 280 g/mol. The Balaban J connectivity index is 2.25. The zero-order valence-electron chi connectivity index (χ0n) is 9.44. The third-order valence-electron chi connectivity index (χ3n) is 2.90. The van der Waals surface area contributed by atoms with Gasteiger partial charge in [-0.3, -0.25) is 0 Å². The molecule has 0 fully saturated rings. The standard InChI is InChI=1S/C9H3F3N8/c10-9(11,12)4-1-2-5-6(3-4)20-8(14-16-18-20)7-13-15-17-19(5)7/h1-3H. The normalized spacial score (nSPS) is 12.8. The van der Waals surface area contributed by atoms with Crippen molar-refractivity contribution in [2.45, 2.75) is 6.18 Å². The van der Waals surface area contributed by atoms with Crippen LogP contribution in [-0.2, 0) is 6.18 Å². The molecule has 4 rings (SSSR count). The van der Waals surface area contributed by atoms with Crippen LogP contribution in [-0.4, -0.2) is 40.1 Å². The Hall–Kier alpha value is -2.85. The number of halogens is 3. The van der Waals surface area contributed by atoms with E-state index in [2.05, 4.69) is 31.1 Å². The van der Waals surface area contributed by atoms with Crippen LogP contribution in [0.2, 0.25) is 0 Å². The van der Waals surface area contributed by atoms with Crippen LogP contribution >= 0.6 is 0 Å². The first kappa shape index (κ1) is 11.0. The van der Waals surface area contributed by atoms with E-state index >= 15 is 0 Å². The molecule has 0 aliphatic heterocycles. The quantitative estimate of drug-likeness (QED) is 0.472. The molecule has 0 amide bonds. The van der Waals surface area contributed by atoms with Gasteiger partial charge in [-0.2, -0.15) is 22.2 Å². The Kier molecular flexibility index (Phi) is 1.86. The molecule has 3 heterocycles. The van der Waals surface area contributed by atoms with Crippen LogP contribution in [0.4, 0.5) is 13.2 Å². The largest absolute Gasteiger partial charge is 0.416 e. The molecule has 0 aliphatic carbocycles. The van der Waals surface area contributed by atoms with Gasteiger partial charge in [-0.15, -0.1) is 10.2 Å². The fourth-order valence-electron chi connectivity index (χ4n) is 2.03. The molecule has 0 bridgehead atoms. The summed E-state index contributed by atoms with van der Waals surface area (Å²) < 4.78 is 40.8. The molecule has 1 aromatic carbocycles. The molecule has 0 aliphatic rings. The van der Waals surface area contributed by atoms with Gasteiger partial charge in [0.1, 0.15) is 0 Å². The van der Waals surface area contributed by atoms with Crippen molar-refractivity contribution in [1.82, 2.24) is 40.1 Å². The number of tetrazole rings is 2. The van der Waals surface area contributed by atoms with E-state index in [4.69, 9.17) is 0 Å². The van der Waals surface area contributed by atoms with Crippen LogP contribution in [0.25, 0.3) is 22.3 Å². The Morgan fingerprint density at radius 2 is 1.45 bits per heavy atom. The Morgan fingerprint density at radius 1 is 0.850 bits per heavy atom. The van der Waals surface area contributed by atoms with Crippen LogP contribution < -0.4 is 0 Å². The summed E-state index contributed by atoms with van der Waals surface area (Å²) in [5.41, 5.74) is 0.190. The highest BCUT2D eigenvalue weighted by Crippen LogP contribution is 2.31. The van der Waals surface area contributed by atoms with Crippen LogP contribution in [0, 0.1) is 0 Å². The van der Waals surface area contributed by atoms with E-state index in [-0.39, 0.29) is 16.8 Å². The second kappa shape index (κ2) is 3.37. The number of rotatable bonds is 0. The minimum atomic E-state index is -4.45. The number of nitrogens with zero attached hydrogens (tertiary/aromatic N) is 8. The molecule has 4 aromatic rings. The maximum Gasteiger partial charge on any atom is 0.416 e. The number of benzene rings is 1. The molecule has 0 radical (unpaired) electrons. The van der Waals surface area contributed by atoms with Gasteiger partial charge in [0.05, 0.1) is 16.6 Å². The average Bonchev–Trinajstić information content (AvgIpc) is 3.05. The van der Waals surface area contributed by atoms with E-state index in [0.29, 0.717) is 5.52 Å². The van der Waals surface area contributed by atoms with Crippen LogP contribution in [0.3, 0.4) is 0 Å². The Bertz CT molecular complexity index is 952. The summed E-state index contributed by atoms with van der Waals surface area (Å²) in [6, 6.07) is 3.20. The van der Waals surface area contributed by atoms with Gasteiger partial charge in [-0.05, 0) is 39.1 Å². The van der Waals surface area contributed by atoms with Crippen molar-refractivity contribution >= 4 is 22.3 Å². The lowest BCUT2D eigenvalue weighted by Crippen LogP contribution is -2.07. The van der Waals surface area contributed by atoms with Crippen molar-refractivity contribution in [1.29, 1.82) is 0 Å². The summed E-state index contributed by atoms with van der Waals surface area (Å²) in [5, 5.41) is 21.8. The van der Waals surface area contributed by atoms with Gasteiger partial charge in [0.2, 0.25) is 11.3 Å². The Morgan fingerprint density at radius 3 is 2.05 bits per heavy atom. The summed E-state index contributed by atoms with van der Waals surface area (Å²) in [4.78, 5) is 0. The lowest BCUT2D eigenvalue weighted by atomic mass is 10.2. The van der Waals surface area contributed by atoms with Gasteiger partial charge >= 0.3 is 6.18 Å². The summed E-state index contributed by atoms with van der Waals surface area (Å²) >= 11 is 0. The zero-order chi connectivity index (χ0) is 13.9. The highest BCUT2D eigenvalue weighted by molar-refractivity contribution is 5.84. The highest BCUT2D eigenvalue weighted by atomic mass is 19.4. The van der Waals surface area contributed by atoms with Crippen molar-refractivity contribution in [3.05, 3.63) is 23.8 Å². The number of hydrogen-bond acceptors (Lipinski definition) is 6. The molecule has 20 heavy (non-hydrogen) atoms. The van der Waals surface area contributed by atoms with Crippen LogP contribution in [0.5, 0.6) is 0 Å². The maximum absolute atomic E-state index is 12.8. The fraction of sp³-hybridized carbons (Fsp3) is 0.111. The second-order valence-electron chi connectivity index (χ2n) is 4.03. The van der Waals surface area contributed by atoms with Crippen LogP contribution in [0.15, 0.2) is 18.2 Å². The van der Waals surface area contributed by atoms with Gasteiger partial charge in [0.15, 0.2) is 0 Å². The van der Waals surface area contributed by atoms with Crippen molar-refractivity contribution in [3.8, 4) is 0 Å². The molecule has 0 unspecified atom stereocenters. The van der Waals surface area contributed by atoms with Gasteiger partial charge < -0.3 is 0 Å². The Labute approximate surface area is 106 Å². The van der Waals surface area contributed by atoms with Crippen molar-refractivity contribution in [3.63, 3.8) is 0 Å². The van der Waals surface area contributed by atoms with E-state index in [9.17, 15) is 13.2 Å². The van der Waals surface area contributed by atoms with E-state index < -0.39 is 11.7 Å². The van der Waals surface area contributed by atoms with E-state index in [0.717, 1.165) is 12.1 Å². The number of alkyl halides is 3. The lowest BCUT2D eigenvalue weighted by Gasteiger charge is -2.08. The molecule has 8 nitrogen and oxygen atoms in total. The summed E-state index contributed by atoms with van der Waals surface area (Å²) in [6.07, 6.45) is -4.45. The number of hydrogen-bond donors (Lipinski definition) is 0. The lowest BCUT2D eigenvalue weighted by molar-refractivity contribution is -0.137. The van der Waals surface area contributed by atoms with Gasteiger partial charge in [-0.25, -0.2) is 0 Å². The molecule has 0 saturated heterocycles. The van der Waals surface area contributed by atoms with Crippen molar-refractivity contribution < 1.29 is 13.2 Å². The molecule has 0 saturated carbocycles. The number of fused-ring (bicyclic) bond motifs is 6. The molecule has 0 atom stereocenters. The van der Waals surface area contributed by atoms with Crippen molar-refractivity contribution in [2.24, 2.45) is 0 Å². The summed E-state index contributed by atoms with van der Waals surface area (Å²) in [5.74, 6) is 0. The second-order valence-corrected chi connectivity index (χ2v) is 4.03. The number of aromatic nitrogens is 8. The van der Waals surface area contributed by atoms with Crippen LogP contribution in [0.1, 0.15) is 5.56 Å². The molecule has 11 heteroatoms. The first-order valence-electron chi connectivity index (χ1n) is 5.35. The third-order valence-corrected chi connectivity index (χ3v) is 2.90. The predicted octanol–water partition coefficient (Wildman–Crippen LogP) is 0.734. The molecule has 3 aromatic heterocycles. The van der Waals surface area contributed by atoms with Gasteiger partial charge in [0.25, 0.3) is 0 Å². The minimum absolute atomic E-state index is 0.166. The molecular formula is C9H3F3N8. The first-order chi connectivity index (χ1) is 9.55. The van der Waals surface area contributed by atoms with Gasteiger partial charge in [-0.1, -0.05) is 0 Å². The first-order valence-corrected chi connectivity index (χ1v) is 5.35. The summed E-state index contributed by atoms with van der Waals surface area (Å²) in [7, 11) is 0. The molecular weight excluding hydrogens is 277 g/mol. The fourth-order valence-corrected chi connectivity index (χ4v) is 2.03. The third kappa shape index (κ3) is 1.31. The summed E-state index contributed by atoms with van der Waals surface area (Å²) in [6.45, 7) is 0. The predicted molar refractivity (Wildman–Crippen MR) is 57.6 cm³/mol. The molecule has 0 spiro atoms. The smallest absolute Gasteiger partial charge is 0.188 e. The zero-order valence-corrected chi connectivity index (χ0v) is 9.44. The van der Waals surface area contributed by atoms with E-state index in [1.807, 2.05) is 0 Å². The van der Waals surface area contributed by atoms with E-state index in [1.54, 1.807) is 0 Å². The maximum atomic E-state index is 12.8. The molecule has 0 N–H and O–H groups in total. The SMILES string of the molecule is FC(F)(F)c1ccc2c(c1)n1nnnc1c1nnnn21.